The molecule has 1 atom stereocenters. The maximum atomic E-state index is 13.3. The maximum absolute atomic E-state index is 13.3. The zero-order valence-corrected chi connectivity index (χ0v) is 15.7. The van der Waals surface area contributed by atoms with Gasteiger partial charge in [-0.25, -0.2) is 18.4 Å². The van der Waals surface area contributed by atoms with Gasteiger partial charge in [0.2, 0.25) is 15.7 Å². The van der Waals surface area contributed by atoms with E-state index in [0.29, 0.717) is 24.9 Å². The van der Waals surface area contributed by atoms with Gasteiger partial charge >= 0.3 is 0 Å². The summed E-state index contributed by atoms with van der Waals surface area (Å²) in [5.41, 5.74) is 0.537. The summed E-state index contributed by atoms with van der Waals surface area (Å²) in [5, 5.41) is 9.90. The average molecular weight is 395 g/mol. The van der Waals surface area contributed by atoms with Crippen molar-refractivity contribution in [1.82, 2.24) is 19.3 Å². The Morgan fingerprint density at radius 3 is 2.79 bits per heavy atom. The molecule has 0 spiro atoms. The standard InChI is InChI=1S/C19H17N5O3S/c20-12-16-19(23-10-9-21-16)27-15-6-3-11-24(13-15)28(25,26)17-7-1-4-14-5-2-8-22-18(14)17/h1-2,4-5,7-10,15H,3,6,11,13H2. The maximum Gasteiger partial charge on any atom is 0.251 e. The smallest absolute Gasteiger partial charge is 0.251 e. The van der Waals surface area contributed by atoms with E-state index in [0.717, 1.165) is 5.39 Å². The predicted molar refractivity (Wildman–Crippen MR) is 101 cm³/mol. The van der Waals surface area contributed by atoms with E-state index in [9.17, 15) is 8.42 Å². The number of fused-ring (bicyclic) bond motifs is 1. The fourth-order valence-electron chi connectivity index (χ4n) is 3.29. The first kappa shape index (κ1) is 18.3. The lowest BCUT2D eigenvalue weighted by atomic mass is 10.1. The van der Waals surface area contributed by atoms with E-state index in [1.165, 1.54) is 16.7 Å². The number of hydrogen-bond donors (Lipinski definition) is 0. The van der Waals surface area contributed by atoms with Crippen LogP contribution in [0.5, 0.6) is 5.88 Å². The molecule has 1 aliphatic rings. The third-order valence-electron chi connectivity index (χ3n) is 4.60. The number of hydrogen-bond acceptors (Lipinski definition) is 7. The van der Waals surface area contributed by atoms with Gasteiger partial charge in [-0.05, 0) is 25.0 Å². The largest absolute Gasteiger partial charge is 0.471 e. The Bertz CT molecular complexity index is 1150. The monoisotopic (exact) mass is 395 g/mol. The summed E-state index contributed by atoms with van der Waals surface area (Å²) in [7, 11) is -3.74. The topological polar surface area (TPSA) is 109 Å². The zero-order chi connectivity index (χ0) is 19.6. The van der Waals surface area contributed by atoms with Gasteiger partial charge in [-0.2, -0.15) is 9.57 Å². The highest BCUT2D eigenvalue weighted by Crippen LogP contribution is 2.27. The summed E-state index contributed by atoms with van der Waals surface area (Å²) in [6.45, 7) is 0.573. The highest BCUT2D eigenvalue weighted by atomic mass is 32.2. The quantitative estimate of drug-likeness (QED) is 0.665. The van der Waals surface area contributed by atoms with Crippen molar-refractivity contribution in [3.8, 4) is 11.9 Å². The number of nitriles is 1. The molecule has 3 aromatic rings. The third-order valence-corrected chi connectivity index (χ3v) is 6.50. The second kappa shape index (κ2) is 7.50. The molecule has 1 saturated heterocycles. The van der Waals surface area contributed by atoms with Crippen LogP contribution in [0.4, 0.5) is 0 Å². The van der Waals surface area contributed by atoms with Gasteiger partial charge in [0.1, 0.15) is 17.1 Å². The van der Waals surface area contributed by atoms with Crippen LogP contribution in [-0.4, -0.2) is 46.9 Å². The molecule has 0 saturated carbocycles. The molecule has 8 nitrogen and oxygen atoms in total. The van der Waals surface area contributed by atoms with Gasteiger partial charge in [0.25, 0.3) is 5.88 Å². The van der Waals surface area contributed by atoms with E-state index in [1.807, 2.05) is 18.2 Å². The van der Waals surface area contributed by atoms with Crippen molar-refractivity contribution in [2.45, 2.75) is 23.8 Å². The van der Waals surface area contributed by atoms with Crippen molar-refractivity contribution in [3.63, 3.8) is 0 Å². The molecule has 28 heavy (non-hydrogen) atoms. The number of rotatable bonds is 4. The zero-order valence-electron chi connectivity index (χ0n) is 14.9. The van der Waals surface area contributed by atoms with Gasteiger partial charge < -0.3 is 4.74 Å². The molecule has 0 N–H and O–H groups in total. The first-order valence-electron chi connectivity index (χ1n) is 8.81. The van der Waals surface area contributed by atoms with Crippen LogP contribution in [0.3, 0.4) is 0 Å². The van der Waals surface area contributed by atoms with Crippen LogP contribution >= 0.6 is 0 Å². The van der Waals surface area contributed by atoms with Crippen LogP contribution in [0.25, 0.3) is 10.9 Å². The van der Waals surface area contributed by atoms with Gasteiger partial charge in [-0.3, -0.25) is 4.98 Å². The summed E-state index contributed by atoms with van der Waals surface area (Å²) in [6, 6.07) is 10.7. The molecule has 1 fully saturated rings. The second-order valence-corrected chi connectivity index (χ2v) is 8.30. The van der Waals surface area contributed by atoms with Crippen LogP contribution in [0.15, 0.2) is 53.8 Å². The van der Waals surface area contributed by atoms with Crippen LogP contribution in [0.1, 0.15) is 18.5 Å². The lowest BCUT2D eigenvalue weighted by Gasteiger charge is -2.32. The van der Waals surface area contributed by atoms with Crippen molar-refractivity contribution < 1.29 is 13.2 Å². The molecule has 4 rings (SSSR count). The number of benzene rings is 1. The van der Waals surface area contributed by atoms with Gasteiger partial charge in [0.05, 0.1) is 12.1 Å². The highest BCUT2D eigenvalue weighted by Gasteiger charge is 2.33. The Labute approximate surface area is 162 Å². The summed E-state index contributed by atoms with van der Waals surface area (Å²) >= 11 is 0. The summed E-state index contributed by atoms with van der Waals surface area (Å²) in [5.74, 6) is 0.126. The molecule has 0 bridgehead atoms. The van der Waals surface area contributed by atoms with Crippen LogP contribution < -0.4 is 4.74 Å². The Morgan fingerprint density at radius 1 is 1.11 bits per heavy atom. The molecule has 0 radical (unpaired) electrons. The van der Waals surface area contributed by atoms with Gasteiger partial charge in [-0.1, -0.05) is 18.2 Å². The summed E-state index contributed by atoms with van der Waals surface area (Å²) in [6.07, 6.45) is 5.34. The minimum atomic E-state index is -3.74. The number of sulfonamides is 1. The van der Waals surface area contributed by atoms with E-state index in [1.54, 1.807) is 24.4 Å². The van der Waals surface area contributed by atoms with E-state index in [-0.39, 0.29) is 23.0 Å². The van der Waals surface area contributed by atoms with E-state index >= 15 is 0 Å². The number of para-hydroxylation sites is 1. The third kappa shape index (κ3) is 3.40. The Kier molecular flexibility index (Phi) is 4.90. The number of nitrogens with zero attached hydrogens (tertiary/aromatic N) is 5. The van der Waals surface area contributed by atoms with Crippen LogP contribution in [-0.2, 0) is 10.0 Å². The lowest BCUT2D eigenvalue weighted by Crippen LogP contribution is -2.44. The molecule has 1 aromatic carbocycles. The lowest BCUT2D eigenvalue weighted by molar-refractivity contribution is 0.124. The van der Waals surface area contributed by atoms with Gasteiger partial charge in [-0.15, -0.1) is 0 Å². The van der Waals surface area contributed by atoms with E-state index in [2.05, 4.69) is 15.0 Å². The Balaban J connectivity index is 1.61. The number of pyridine rings is 1. The average Bonchev–Trinajstić information content (AvgIpc) is 2.74. The molecule has 1 unspecified atom stereocenters. The predicted octanol–water partition coefficient (Wildman–Crippen LogP) is 2.13. The van der Waals surface area contributed by atoms with Crippen LogP contribution in [0, 0.1) is 11.3 Å². The number of ether oxygens (including phenoxy) is 1. The fourth-order valence-corrected chi connectivity index (χ4v) is 4.96. The molecule has 9 heteroatoms. The summed E-state index contributed by atoms with van der Waals surface area (Å²) in [4.78, 5) is 12.4. The molecule has 0 aliphatic carbocycles. The SMILES string of the molecule is N#Cc1nccnc1OC1CCCN(S(=O)(=O)c2cccc3cccnc23)C1. The summed E-state index contributed by atoms with van der Waals surface area (Å²) < 4.78 is 33.8. The molecule has 0 amide bonds. The number of aromatic nitrogens is 3. The normalized spacial score (nSPS) is 17.9. The van der Waals surface area contributed by atoms with Crippen molar-refractivity contribution >= 4 is 20.9 Å². The highest BCUT2D eigenvalue weighted by molar-refractivity contribution is 7.89. The molecule has 142 valence electrons. The number of piperidine rings is 1. The molecule has 3 heterocycles. The molecule has 2 aromatic heterocycles. The second-order valence-electron chi connectivity index (χ2n) is 6.40. The minimum Gasteiger partial charge on any atom is -0.471 e. The van der Waals surface area contributed by atoms with Crippen molar-refractivity contribution in [2.75, 3.05) is 13.1 Å². The van der Waals surface area contributed by atoms with Gasteiger partial charge in [0, 0.05) is 30.5 Å². The minimum absolute atomic E-state index is 0.0840. The molecular weight excluding hydrogens is 378 g/mol. The fraction of sp³-hybridized carbons (Fsp3) is 0.263. The first-order valence-corrected chi connectivity index (χ1v) is 10.3. The van der Waals surface area contributed by atoms with Crippen LogP contribution in [0.2, 0.25) is 0 Å². The van der Waals surface area contributed by atoms with E-state index in [4.69, 9.17) is 10.00 Å². The van der Waals surface area contributed by atoms with Crippen molar-refractivity contribution in [2.24, 2.45) is 0 Å². The van der Waals surface area contributed by atoms with Crippen molar-refractivity contribution in [1.29, 1.82) is 5.26 Å². The Hall–Kier alpha value is -3.09. The van der Waals surface area contributed by atoms with E-state index < -0.39 is 16.1 Å². The first-order chi connectivity index (χ1) is 13.6. The molecular formula is C19H17N5O3S. The van der Waals surface area contributed by atoms with Gasteiger partial charge in [0.15, 0.2) is 0 Å². The molecule has 1 aliphatic heterocycles. The van der Waals surface area contributed by atoms with Crippen molar-refractivity contribution in [3.05, 3.63) is 54.6 Å². The Morgan fingerprint density at radius 2 is 1.93 bits per heavy atom.